The number of thiophene rings is 1. The number of ketones is 1. The van der Waals surface area contributed by atoms with Gasteiger partial charge in [0.15, 0.2) is 5.78 Å². The van der Waals surface area contributed by atoms with Gasteiger partial charge in [0.25, 0.3) is 0 Å². The Morgan fingerprint density at radius 3 is 2.64 bits per heavy atom. The van der Waals surface area contributed by atoms with E-state index in [1.54, 1.807) is 6.07 Å². The first-order chi connectivity index (χ1) is 10.6. The van der Waals surface area contributed by atoms with Crippen LogP contribution in [0.3, 0.4) is 0 Å². The van der Waals surface area contributed by atoms with Crippen LogP contribution in [0.2, 0.25) is 0 Å². The number of hydrogen-bond donors (Lipinski definition) is 2. The van der Waals surface area contributed by atoms with E-state index in [4.69, 9.17) is 0 Å². The smallest absolute Gasteiger partial charge is 0.220 e. The molecule has 1 atom stereocenters. The number of benzene rings is 1. The zero-order chi connectivity index (χ0) is 15.9. The summed E-state index contributed by atoms with van der Waals surface area (Å²) >= 11 is 1.38. The molecule has 0 saturated heterocycles. The van der Waals surface area contributed by atoms with Crippen molar-refractivity contribution in [2.75, 3.05) is 6.54 Å². The first-order valence-corrected chi connectivity index (χ1v) is 8.03. The van der Waals surface area contributed by atoms with Crippen molar-refractivity contribution >= 4 is 23.0 Å². The van der Waals surface area contributed by atoms with Crippen molar-refractivity contribution in [2.45, 2.75) is 25.9 Å². The van der Waals surface area contributed by atoms with Crippen molar-refractivity contribution in [1.82, 2.24) is 5.32 Å². The first-order valence-electron chi connectivity index (χ1n) is 7.15. The summed E-state index contributed by atoms with van der Waals surface area (Å²) in [5, 5.41) is 14.6. The fourth-order valence-electron chi connectivity index (χ4n) is 2.16. The molecule has 0 aliphatic heterocycles. The predicted molar refractivity (Wildman–Crippen MR) is 87.0 cm³/mol. The fraction of sp³-hybridized carbons (Fsp3) is 0.294. The Labute approximate surface area is 133 Å². The molecule has 5 heteroatoms. The van der Waals surface area contributed by atoms with Crippen molar-refractivity contribution < 1.29 is 14.7 Å². The lowest BCUT2D eigenvalue weighted by molar-refractivity contribution is -0.121. The molecule has 22 heavy (non-hydrogen) atoms. The van der Waals surface area contributed by atoms with E-state index in [-0.39, 0.29) is 31.1 Å². The molecular weight excluding hydrogens is 298 g/mol. The van der Waals surface area contributed by atoms with Gasteiger partial charge in [0.2, 0.25) is 5.91 Å². The van der Waals surface area contributed by atoms with Gasteiger partial charge < -0.3 is 10.4 Å². The second-order valence-electron chi connectivity index (χ2n) is 5.08. The van der Waals surface area contributed by atoms with Crippen LogP contribution in [0, 0.1) is 6.92 Å². The molecule has 2 rings (SSSR count). The minimum absolute atomic E-state index is 0.0235. The second-order valence-corrected chi connectivity index (χ2v) is 6.02. The van der Waals surface area contributed by atoms with Crippen LogP contribution >= 0.6 is 11.3 Å². The largest absolute Gasteiger partial charge is 0.387 e. The van der Waals surface area contributed by atoms with Crippen LogP contribution in [0.15, 0.2) is 41.8 Å². The van der Waals surface area contributed by atoms with E-state index in [0.29, 0.717) is 4.88 Å². The van der Waals surface area contributed by atoms with E-state index in [1.807, 2.05) is 42.6 Å². The molecule has 2 N–H and O–H groups in total. The van der Waals surface area contributed by atoms with Crippen LogP contribution in [0.4, 0.5) is 0 Å². The van der Waals surface area contributed by atoms with E-state index in [0.717, 1.165) is 11.1 Å². The van der Waals surface area contributed by atoms with Crippen LogP contribution in [-0.2, 0) is 4.79 Å². The number of aliphatic hydroxyl groups excluding tert-OH is 1. The van der Waals surface area contributed by atoms with Gasteiger partial charge >= 0.3 is 0 Å². The van der Waals surface area contributed by atoms with Crippen molar-refractivity contribution in [3.63, 3.8) is 0 Å². The number of hydrogen-bond acceptors (Lipinski definition) is 4. The minimum Gasteiger partial charge on any atom is -0.387 e. The molecule has 0 bridgehead atoms. The molecule has 4 nitrogen and oxygen atoms in total. The third-order valence-electron chi connectivity index (χ3n) is 3.42. The minimum atomic E-state index is -0.738. The van der Waals surface area contributed by atoms with Gasteiger partial charge in [-0.2, -0.15) is 0 Å². The Bertz CT molecular complexity index is 637. The van der Waals surface area contributed by atoms with Gasteiger partial charge in [-0.25, -0.2) is 0 Å². The molecule has 1 unspecified atom stereocenters. The number of aryl methyl sites for hydroxylation is 1. The predicted octanol–water partition coefficient (Wildman–Crippen LogP) is 2.87. The van der Waals surface area contributed by atoms with Crippen LogP contribution in [-0.4, -0.2) is 23.3 Å². The standard InChI is InChI=1S/C17H19NO3S/c1-12-5-2-3-6-13(12)15(20)11-18-17(21)9-8-14(19)16-7-4-10-22-16/h2-7,10,15,20H,8-9,11H2,1H3,(H,18,21). The number of nitrogens with one attached hydrogen (secondary N) is 1. The normalized spacial score (nSPS) is 11.9. The molecule has 116 valence electrons. The zero-order valence-electron chi connectivity index (χ0n) is 12.4. The number of rotatable bonds is 7. The highest BCUT2D eigenvalue weighted by Gasteiger charge is 2.13. The summed E-state index contributed by atoms with van der Waals surface area (Å²) in [7, 11) is 0. The first kappa shape index (κ1) is 16.4. The topological polar surface area (TPSA) is 66.4 Å². The quantitative estimate of drug-likeness (QED) is 0.772. The molecule has 1 aromatic carbocycles. The van der Waals surface area contributed by atoms with Gasteiger partial charge in [-0.05, 0) is 29.5 Å². The van der Waals surface area contributed by atoms with Crippen LogP contribution in [0.5, 0.6) is 0 Å². The lowest BCUT2D eigenvalue weighted by Gasteiger charge is -2.14. The van der Waals surface area contributed by atoms with Crippen LogP contribution < -0.4 is 5.32 Å². The second kappa shape index (κ2) is 7.87. The molecule has 0 aliphatic carbocycles. The van der Waals surface area contributed by atoms with Gasteiger partial charge in [-0.1, -0.05) is 30.3 Å². The van der Waals surface area contributed by atoms with E-state index in [1.165, 1.54) is 11.3 Å². The summed E-state index contributed by atoms with van der Waals surface area (Å²) in [6, 6.07) is 11.1. The van der Waals surface area contributed by atoms with E-state index >= 15 is 0 Å². The molecular formula is C17H19NO3S. The summed E-state index contributed by atoms with van der Waals surface area (Å²) in [5.74, 6) is -0.248. The summed E-state index contributed by atoms with van der Waals surface area (Å²) in [5.41, 5.74) is 1.79. The molecule has 0 spiro atoms. The number of Topliss-reactive ketones (excluding diaryl/α,β-unsaturated/α-hetero) is 1. The van der Waals surface area contributed by atoms with E-state index < -0.39 is 6.10 Å². The third-order valence-corrected chi connectivity index (χ3v) is 4.33. The van der Waals surface area contributed by atoms with Crippen molar-refractivity contribution in [3.05, 3.63) is 57.8 Å². The van der Waals surface area contributed by atoms with Gasteiger partial charge in [-0.3, -0.25) is 9.59 Å². The molecule has 0 radical (unpaired) electrons. The maximum atomic E-state index is 11.8. The number of carbonyl (C=O) groups is 2. The molecule has 1 amide bonds. The Morgan fingerprint density at radius 1 is 1.18 bits per heavy atom. The van der Waals surface area contributed by atoms with Crippen molar-refractivity contribution in [1.29, 1.82) is 0 Å². The van der Waals surface area contributed by atoms with Gasteiger partial charge in [0.1, 0.15) is 0 Å². The monoisotopic (exact) mass is 317 g/mol. The van der Waals surface area contributed by atoms with Crippen molar-refractivity contribution in [3.8, 4) is 0 Å². The van der Waals surface area contributed by atoms with E-state index in [9.17, 15) is 14.7 Å². The Kier molecular flexibility index (Phi) is 5.86. The molecule has 1 heterocycles. The highest BCUT2D eigenvalue weighted by molar-refractivity contribution is 7.12. The summed E-state index contributed by atoms with van der Waals surface area (Å²) in [4.78, 5) is 24.2. The number of amides is 1. The third kappa shape index (κ3) is 4.51. The zero-order valence-corrected chi connectivity index (χ0v) is 13.2. The lowest BCUT2D eigenvalue weighted by atomic mass is 10.0. The average molecular weight is 317 g/mol. The SMILES string of the molecule is Cc1ccccc1C(O)CNC(=O)CCC(=O)c1cccs1. The highest BCUT2D eigenvalue weighted by Crippen LogP contribution is 2.16. The molecule has 0 aliphatic rings. The Hall–Kier alpha value is -1.98. The average Bonchev–Trinajstić information content (AvgIpc) is 3.05. The Balaban J connectivity index is 1.76. The van der Waals surface area contributed by atoms with Crippen LogP contribution in [0.1, 0.15) is 39.7 Å². The molecule has 0 saturated carbocycles. The highest BCUT2D eigenvalue weighted by atomic mass is 32.1. The van der Waals surface area contributed by atoms with E-state index in [2.05, 4.69) is 5.32 Å². The number of carbonyl (C=O) groups excluding carboxylic acids is 2. The fourth-order valence-corrected chi connectivity index (χ4v) is 2.85. The summed E-state index contributed by atoms with van der Waals surface area (Å²) < 4.78 is 0. The van der Waals surface area contributed by atoms with Gasteiger partial charge in [0, 0.05) is 19.4 Å². The molecule has 2 aromatic rings. The van der Waals surface area contributed by atoms with Crippen LogP contribution in [0.25, 0.3) is 0 Å². The maximum absolute atomic E-state index is 11.8. The molecule has 0 fully saturated rings. The number of aliphatic hydroxyl groups is 1. The summed E-state index contributed by atoms with van der Waals surface area (Å²) in [6.07, 6.45) is -0.414. The lowest BCUT2D eigenvalue weighted by Crippen LogP contribution is -2.28. The van der Waals surface area contributed by atoms with Gasteiger partial charge in [0.05, 0.1) is 11.0 Å². The van der Waals surface area contributed by atoms with Crippen molar-refractivity contribution in [2.24, 2.45) is 0 Å². The maximum Gasteiger partial charge on any atom is 0.220 e. The molecule has 1 aromatic heterocycles. The summed E-state index contributed by atoms with van der Waals surface area (Å²) in [6.45, 7) is 2.07. The Morgan fingerprint density at radius 2 is 1.95 bits per heavy atom. The van der Waals surface area contributed by atoms with Gasteiger partial charge in [-0.15, -0.1) is 11.3 Å².